The Morgan fingerprint density at radius 3 is 2.24 bits per heavy atom. The molecule has 0 atom stereocenters. The summed E-state index contributed by atoms with van der Waals surface area (Å²) in [5.74, 6) is 0.546. The Labute approximate surface area is 152 Å². The van der Waals surface area contributed by atoms with Crippen molar-refractivity contribution in [1.82, 2.24) is 9.80 Å². The van der Waals surface area contributed by atoms with Crippen molar-refractivity contribution in [2.45, 2.75) is 37.0 Å². The second kappa shape index (κ2) is 8.70. The largest absolute Gasteiger partial charge is 0.342 e. The van der Waals surface area contributed by atoms with Gasteiger partial charge in [-0.3, -0.25) is 9.59 Å². The molecule has 0 radical (unpaired) electrons. The van der Waals surface area contributed by atoms with Gasteiger partial charge in [-0.1, -0.05) is 0 Å². The maximum absolute atomic E-state index is 12.9. The van der Waals surface area contributed by atoms with Gasteiger partial charge >= 0.3 is 0 Å². The highest BCUT2D eigenvalue weighted by atomic mass is 32.2. The molecule has 2 aliphatic rings. The van der Waals surface area contributed by atoms with Gasteiger partial charge in [-0.05, 0) is 56.4 Å². The van der Waals surface area contributed by atoms with Crippen LogP contribution in [-0.4, -0.2) is 53.5 Å². The summed E-state index contributed by atoms with van der Waals surface area (Å²) < 4.78 is 12.9. The van der Waals surface area contributed by atoms with E-state index in [0.29, 0.717) is 18.8 Å². The monoisotopic (exact) mass is 364 g/mol. The van der Waals surface area contributed by atoms with Crippen LogP contribution in [0.2, 0.25) is 0 Å². The number of hydrogen-bond acceptors (Lipinski definition) is 3. The van der Waals surface area contributed by atoms with Crippen LogP contribution in [-0.2, 0) is 9.59 Å². The van der Waals surface area contributed by atoms with Crippen molar-refractivity contribution in [2.75, 3.05) is 31.9 Å². The maximum atomic E-state index is 12.9. The first-order valence-corrected chi connectivity index (χ1v) is 10.1. The van der Waals surface area contributed by atoms with Crippen molar-refractivity contribution < 1.29 is 14.0 Å². The quantitative estimate of drug-likeness (QED) is 0.771. The molecular weight excluding hydrogens is 339 g/mol. The summed E-state index contributed by atoms with van der Waals surface area (Å²) in [4.78, 5) is 29.7. The summed E-state index contributed by atoms with van der Waals surface area (Å²) >= 11 is 1.43. The van der Waals surface area contributed by atoms with Crippen LogP contribution in [0.15, 0.2) is 29.2 Å². The van der Waals surface area contributed by atoms with Crippen LogP contribution < -0.4 is 0 Å². The average molecular weight is 364 g/mol. The van der Waals surface area contributed by atoms with Crippen molar-refractivity contribution in [3.05, 3.63) is 30.1 Å². The maximum Gasteiger partial charge on any atom is 0.232 e. The first-order valence-electron chi connectivity index (χ1n) is 9.08. The molecule has 2 amide bonds. The smallest absolute Gasteiger partial charge is 0.232 e. The predicted octanol–water partition coefficient (Wildman–Crippen LogP) is 3.17. The number of amides is 2. The molecule has 1 aromatic rings. The summed E-state index contributed by atoms with van der Waals surface area (Å²) in [5, 5.41) is 0. The molecule has 4 nitrogen and oxygen atoms in total. The van der Waals surface area contributed by atoms with E-state index in [4.69, 9.17) is 0 Å². The van der Waals surface area contributed by atoms with Crippen molar-refractivity contribution in [2.24, 2.45) is 5.92 Å². The molecule has 2 heterocycles. The molecule has 2 aliphatic heterocycles. The molecule has 0 unspecified atom stereocenters. The lowest BCUT2D eigenvalue weighted by Crippen LogP contribution is -2.46. The zero-order chi connectivity index (χ0) is 17.6. The van der Waals surface area contributed by atoms with E-state index in [9.17, 15) is 14.0 Å². The van der Waals surface area contributed by atoms with Crippen LogP contribution in [0.1, 0.15) is 32.1 Å². The zero-order valence-corrected chi connectivity index (χ0v) is 15.3. The minimum atomic E-state index is -0.267. The normalized spacial score (nSPS) is 19.1. The standard InChI is InChI=1S/C19H25FN2O2S/c20-16-4-6-17(7-5-16)25-14-18(23)21-12-8-15(9-13-21)19(24)22-10-2-1-3-11-22/h4-7,15H,1-3,8-14H2. The van der Waals surface area contributed by atoms with E-state index in [2.05, 4.69) is 0 Å². The molecule has 1 aromatic carbocycles. The molecule has 2 fully saturated rings. The van der Waals surface area contributed by atoms with Crippen LogP contribution in [0, 0.1) is 11.7 Å². The zero-order valence-electron chi connectivity index (χ0n) is 14.5. The minimum Gasteiger partial charge on any atom is -0.342 e. The number of piperidine rings is 2. The summed E-state index contributed by atoms with van der Waals surface area (Å²) in [7, 11) is 0. The lowest BCUT2D eigenvalue weighted by molar-refractivity contribution is -0.140. The summed E-state index contributed by atoms with van der Waals surface area (Å²) in [6.07, 6.45) is 4.99. The highest BCUT2D eigenvalue weighted by Crippen LogP contribution is 2.24. The third-order valence-electron chi connectivity index (χ3n) is 5.04. The number of carbonyl (C=O) groups is 2. The van der Waals surface area contributed by atoms with Gasteiger partial charge in [0.2, 0.25) is 11.8 Å². The van der Waals surface area contributed by atoms with Crippen molar-refractivity contribution in [3.8, 4) is 0 Å². The Hall–Kier alpha value is -1.56. The topological polar surface area (TPSA) is 40.6 Å². The fourth-order valence-corrected chi connectivity index (χ4v) is 4.32. The molecular formula is C19H25FN2O2S. The lowest BCUT2D eigenvalue weighted by atomic mass is 9.94. The Morgan fingerprint density at radius 1 is 0.960 bits per heavy atom. The summed E-state index contributed by atoms with van der Waals surface area (Å²) in [6.45, 7) is 3.11. The molecule has 0 N–H and O–H groups in total. The molecule has 0 saturated carbocycles. The van der Waals surface area contributed by atoms with Crippen LogP contribution in [0.25, 0.3) is 0 Å². The number of benzene rings is 1. The van der Waals surface area contributed by atoms with Crippen LogP contribution in [0.3, 0.4) is 0 Å². The molecule has 0 aromatic heterocycles. The number of hydrogen-bond donors (Lipinski definition) is 0. The van der Waals surface area contributed by atoms with Gasteiger partial charge in [-0.25, -0.2) is 4.39 Å². The van der Waals surface area contributed by atoms with E-state index in [1.807, 2.05) is 9.80 Å². The Bertz CT molecular complexity index is 594. The number of thioether (sulfide) groups is 1. The summed E-state index contributed by atoms with van der Waals surface area (Å²) in [5.41, 5.74) is 0. The number of carbonyl (C=O) groups excluding carboxylic acids is 2. The number of likely N-dealkylation sites (tertiary alicyclic amines) is 2. The van der Waals surface area contributed by atoms with Gasteiger partial charge in [0.15, 0.2) is 0 Å². The molecule has 0 bridgehead atoms. The highest BCUT2D eigenvalue weighted by molar-refractivity contribution is 8.00. The van der Waals surface area contributed by atoms with E-state index < -0.39 is 0 Å². The Balaban J connectivity index is 1.42. The Morgan fingerprint density at radius 2 is 1.60 bits per heavy atom. The minimum absolute atomic E-state index is 0.0758. The van der Waals surface area contributed by atoms with E-state index in [1.54, 1.807) is 12.1 Å². The molecule has 2 saturated heterocycles. The van der Waals surface area contributed by atoms with Gasteiger partial charge < -0.3 is 9.80 Å². The van der Waals surface area contributed by atoms with Gasteiger partial charge in [0.05, 0.1) is 5.75 Å². The van der Waals surface area contributed by atoms with Gasteiger partial charge in [0.25, 0.3) is 0 Å². The highest BCUT2D eigenvalue weighted by Gasteiger charge is 2.30. The lowest BCUT2D eigenvalue weighted by Gasteiger charge is -2.35. The van der Waals surface area contributed by atoms with Crippen LogP contribution in [0.5, 0.6) is 0 Å². The van der Waals surface area contributed by atoms with E-state index >= 15 is 0 Å². The van der Waals surface area contributed by atoms with Crippen molar-refractivity contribution in [1.29, 1.82) is 0 Å². The average Bonchev–Trinajstić information content (AvgIpc) is 2.67. The molecule has 136 valence electrons. The fourth-order valence-electron chi connectivity index (χ4n) is 3.52. The molecule has 25 heavy (non-hydrogen) atoms. The number of halogens is 1. The van der Waals surface area contributed by atoms with Crippen molar-refractivity contribution >= 4 is 23.6 Å². The molecule has 6 heteroatoms. The fraction of sp³-hybridized carbons (Fsp3) is 0.579. The van der Waals surface area contributed by atoms with Gasteiger partial charge in [-0.15, -0.1) is 11.8 Å². The third-order valence-corrected chi connectivity index (χ3v) is 6.04. The number of rotatable bonds is 4. The second-order valence-electron chi connectivity index (χ2n) is 6.78. The van der Waals surface area contributed by atoms with Crippen molar-refractivity contribution in [3.63, 3.8) is 0 Å². The van der Waals surface area contributed by atoms with Gasteiger partial charge in [0.1, 0.15) is 5.82 Å². The third kappa shape index (κ3) is 4.97. The van der Waals surface area contributed by atoms with E-state index in [-0.39, 0.29) is 23.5 Å². The SMILES string of the molecule is O=C(CSc1ccc(F)cc1)N1CCC(C(=O)N2CCCCC2)CC1. The number of nitrogens with zero attached hydrogens (tertiary/aromatic N) is 2. The second-order valence-corrected chi connectivity index (χ2v) is 7.83. The van der Waals surface area contributed by atoms with Crippen LogP contribution >= 0.6 is 11.8 Å². The first-order chi connectivity index (χ1) is 12.1. The molecule has 0 spiro atoms. The Kier molecular flexibility index (Phi) is 6.34. The molecule has 0 aliphatic carbocycles. The summed E-state index contributed by atoms with van der Waals surface area (Å²) in [6, 6.07) is 6.20. The van der Waals surface area contributed by atoms with E-state index in [0.717, 1.165) is 43.7 Å². The van der Waals surface area contributed by atoms with Gasteiger partial charge in [0, 0.05) is 37.0 Å². The van der Waals surface area contributed by atoms with E-state index in [1.165, 1.54) is 30.3 Å². The first kappa shape index (κ1) is 18.2. The predicted molar refractivity (Wildman–Crippen MR) is 96.9 cm³/mol. The molecule has 3 rings (SSSR count). The van der Waals surface area contributed by atoms with Crippen LogP contribution in [0.4, 0.5) is 4.39 Å². The van der Waals surface area contributed by atoms with Gasteiger partial charge in [-0.2, -0.15) is 0 Å².